The molecule has 0 bridgehead atoms. The zero-order chi connectivity index (χ0) is 15.0. The topological polar surface area (TPSA) is 45.6 Å². The number of halogens is 2. The van der Waals surface area contributed by atoms with Crippen molar-refractivity contribution in [2.45, 2.75) is 6.92 Å². The SMILES string of the molecule is C#CCOc1c(I)cc(/C=N\NC(=S)NCC)cc1I. The van der Waals surface area contributed by atoms with E-state index in [2.05, 4.69) is 66.9 Å². The van der Waals surface area contributed by atoms with Crippen LogP contribution in [0.5, 0.6) is 5.75 Å². The second-order valence-electron chi connectivity index (χ2n) is 3.54. The Bertz CT molecular complexity index is 532. The standard InChI is InChI=1S/C13H13I2N3OS/c1-3-5-19-12-10(14)6-9(7-11(12)15)8-17-18-13(20)16-4-2/h1,6-8H,4-5H2,2H3,(H2,16,18,20)/b17-8-. The molecule has 1 rings (SSSR count). The minimum Gasteiger partial charge on any atom is -0.479 e. The van der Waals surface area contributed by atoms with Gasteiger partial charge in [0, 0.05) is 6.54 Å². The minimum absolute atomic E-state index is 0.262. The van der Waals surface area contributed by atoms with Gasteiger partial charge in [0.2, 0.25) is 0 Å². The van der Waals surface area contributed by atoms with Gasteiger partial charge < -0.3 is 10.1 Å². The zero-order valence-electron chi connectivity index (χ0n) is 10.7. The number of hydrogen-bond donors (Lipinski definition) is 2. The summed E-state index contributed by atoms with van der Waals surface area (Å²) >= 11 is 9.43. The number of nitrogens with zero attached hydrogens (tertiary/aromatic N) is 1. The van der Waals surface area contributed by atoms with Gasteiger partial charge in [0.05, 0.1) is 13.4 Å². The monoisotopic (exact) mass is 513 g/mol. The summed E-state index contributed by atoms with van der Waals surface area (Å²) in [4.78, 5) is 0. The van der Waals surface area contributed by atoms with Gasteiger partial charge in [-0.25, -0.2) is 0 Å². The van der Waals surface area contributed by atoms with Crippen molar-refractivity contribution in [3.63, 3.8) is 0 Å². The molecular weight excluding hydrogens is 500 g/mol. The lowest BCUT2D eigenvalue weighted by Gasteiger charge is -2.09. The van der Waals surface area contributed by atoms with Crippen LogP contribution in [0.25, 0.3) is 0 Å². The maximum atomic E-state index is 5.50. The highest BCUT2D eigenvalue weighted by atomic mass is 127. The molecule has 0 aliphatic carbocycles. The molecule has 0 aliphatic heterocycles. The summed E-state index contributed by atoms with van der Waals surface area (Å²) in [5.41, 5.74) is 3.70. The molecule has 0 aliphatic rings. The first-order valence-electron chi connectivity index (χ1n) is 5.70. The largest absolute Gasteiger partial charge is 0.479 e. The fourth-order valence-electron chi connectivity index (χ4n) is 1.27. The maximum Gasteiger partial charge on any atom is 0.186 e. The number of nitrogens with one attached hydrogen (secondary N) is 2. The lowest BCUT2D eigenvalue weighted by Crippen LogP contribution is -2.31. The number of hydrogen-bond acceptors (Lipinski definition) is 3. The summed E-state index contributed by atoms with van der Waals surface area (Å²) in [5, 5.41) is 7.53. The number of benzene rings is 1. The van der Waals surface area contributed by atoms with E-state index >= 15 is 0 Å². The van der Waals surface area contributed by atoms with Gasteiger partial charge in [-0.05, 0) is 82.0 Å². The predicted octanol–water partition coefficient (Wildman–Crippen LogP) is 2.73. The Morgan fingerprint density at radius 2 is 2.15 bits per heavy atom. The second-order valence-corrected chi connectivity index (χ2v) is 6.27. The van der Waals surface area contributed by atoms with Crippen LogP contribution in [-0.2, 0) is 0 Å². The van der Waals surface area contributed by atoms with Crippen molar-refractivity contribution in [2.24, 2.45) is 5.10 Å². The van der Waals surface area contributed by atoms with Crippen molar-refractivity contribution in [3.8, 4) is 18.1 Å². The molecule has 1 aromatic rings. The number of rotatable bonds is 5. The highest BCUT2D eigenvalue weighted by molar-refractivity contribution is 14.1. The van der Waals surface area contributed by atoms with Gasteiger partial charge in [0.15, 0.2) is 5.11 Å². The minimum atomic E-state index is 0.262. The van der Waals surface area contributed by atoms with E-state index in [9.17, 15) is 0 Å². The van der Waals surface area contributed by atoms with E-state index < -0.39 is 0 Å². The second kappa shape index (κ2) is 9.36. The molecular formula is C13H13I2N3OS. The molecule has 0 saturated carbocycles. The molecule has 106 valence electrons. The van der Waals surface area contributed by atoms with E-state index in [0.717, 1.165) is 25.0 Å². The lowest BCUT2D eigenvalue weighted by atomic mass is 10.2. The fraction of sp³-hybridized carbons (Fsp3) is 0.231. The smallest absolute Gasteiger partial charge is 0.186 e. The molecule has 0 atom stereocenters. The van der Waals surface area contributed by atoms with Crippen molar-refractivity contribution in [1.82, 2.24) is 10.7 Å². The molecule has 20 heavy (non-hydrogen) atoms. The first-order chi connectivity index (χ1) is 9.58. The van der Waals surface area contributed by atoms with Gasteiger partial charge in [0.25, 0.3) is 0 Å². The molecule has 0 saturated heterocycles. The molecule has 0 fully saturated rings. The van der Waals surface area contributed by atoms with Crippen LogP contribution in [0.15, 0.2) is 17.2 Å². The Hall–Kier alpha value is -0.600. The van der Waals surface area contributed by atoms with Crippen LogP contribution in [0.1, 0.15) is 12.5 Å². The summed E-state index contributed by atoms with van der Waals surface area (Å²) in [6.07, 6.45) is 6.90. The normalized spacial score (nSPS) is 10.1. The zero-order valence-corrected chi connectivity index (χ0v) is 15.9. The number of ether oxygens (including phenoxy) is 1. The third-order valence-electron chi connectivity index (χ3n) is 2.04. The first kappa shape index (κ1) is 17.5. The van der Waals surface area contributed by atoms with Crippen molar-refractivity contribution >= 4 is 68.7 Å². The Morgan fingerprint density at radius 1 is 1.50 bits per heavy atom. The highest BCUT2D eigenvalue weighted by Crippen LogP contribution is 2.28. The van der Waals surface area contributed by atoms with Gasteiger partial charge in [0.1, 0.15) is 12.4 Å². The molecule has 4 nitrogen and oxygen atoms in total. The number of hydrazone groups is 1. The van der Waals surface area contributed by atoms with E-state index in [1.54, 1.807) is 6.21 Å². The molecule has 2 N–H and O–H groups in total. The summed E-state index contributed by atoms with van der Waals surface area (Å²) in [5.74, 6) is 3.26. The van der Waals surface area contributed by atoms with Crippen molar-refractivity contribution < 1.29 is 4.74 Å². The third kappa shape index (κ3) is 5.80. The van der Waals surface area contributed by atoms with Gasteiger partial charge in [-0.1, -0.05) is 5.92 Å². The predicted molar refractivity (Wildman–Crippen MR) is 103 cm³/mol. The summed E-state index contributed by atoms with van der Waals surface area (Å²) in [7, 11) is 0. The molecule has 0 amide bonds. The highest BCUT2D eigenvalue weighted by Gasteiger charge is 2.07. The molecule has 0 radical (unpaired) electrons. The average Bonchev–Trinajstić information content (AvgIpc) is 2.38. The van der Waals surface area contributed by atoms with Crippen molar-refractivity contribution in [3.05, 3.63) is 24.8 Å². The number of thiocarbonyl (C=S) groups is 1. The Labute approximate surface area is 151 Å². The summed E-state index contributed by atoms with van der Waals surface area (Å²) < 4.78 is 7.48. The quantitative estimate of drug-likeness (QED) is 0.209. The van der Waals surface area contributed by atoms with Crippen LogP contribution in [0, 0.1) is 19.5 Å². The fourth-order valence-corrected chi connectivity index (χ4v) is 3.60. The van der Waals surface area contributed by atoms with Crippen molar-refractivity contribution in [1.29, 1.82) is 0 Å². The first-order valence-corrected chi connectivity index (χ1v) is 8.27. The molecule has 0 heterocycles. The third-order valence-corrected chi connectivity index (χ3v) is 3.88. The van der Waals surface area contributed by atoms with Crippen LogP contribution in [0.2, 0.25) is 0 Å². The molecule has 7 heteroatoms. The Balaban J connectivity index is 2.76. The van der Waals surface area contributed by atoms with Crippen LogP contribution < -0.4 is 15.5 Å². The molecule has 1 aromatic carbocycles. The molecule has 0 spiro atoms. The van der Waals surface area contributed by atoms with E-state index in [4.69, 9.17) is 23.4 Å². The van der Waals surface area contributed by atoms with Gasteiger partial charge in [-0.3, -0.25) is 5.43 Å². The van der Waals surface area contributed by atoms with Crippen molar-refractivity contribution in [2.75, 3.05) is 13.2 Å². The lowest BCUT2D eigenvalue weighted by molar-refractivity contribution is 0.365. The number of terminal acetylenes is 1. The van der Waals surface area contributed by atoms with Gasteiger partial charge in [-0.2, -0.15) is 5.10 Å². The van der Waals surface area contributed by atoms with E-state index in [-0.39, 0.29) is 6.61 Å². The van der Waals surface area contributed by atoms with E-state index in [0.29, 0.717) is 5.11 Å². The van der Waals surface area contributed by atoms with E-state index in [1.807, 2.05) is 19.1 Å². The van der Waals surface area contributed by atoms with Crippen LogP contribution >= 0.6 is 57.4 Å². The Morgan fingerprint density at radius 3 is 2.70 bits per heavy atom. The van der Waals surface area contributed by atoms with Crippen LogP contribution in [0.3, 0.4) is 0 Å². The Kier molecular flexibility index (Phi) is 8.16. The van der Waals surface area contributed by atoms with Crippen LogP contribution in [-0.4, -0.2) is 24.5 Å². The van der Waals surface area contributed by atoms with Gasteiger partial charge in [-0.15, -0.1) is 6.42 Å². The average molecular weight is 513 g/mol. The molecule has 0 aromatic heterocycles. The van der Waals surface area contributed by atoms with Crippen LogP contribution in [0.4, 0.5) is 0 Å². The maximum absolute atomic E-state index is 5.50. The summed E-state index contributed by atoms with van der Waals surface area (Å²) in [6, 6.07) is 3.94. The molecule has 0 unspecified atom stereocenters. The van der Waals surface area contributed by atoms with E-state index in [1.165, 1.54) is 0 Å². The summed E-state index contributed by atoms with van der Waals surface area (Å²) in [6.45, 7) is 2.99. The van der Waals surface area contributed by atoms with Gasteiger partial charge >= 0.3 is 0 Å².